The number of rotatable bonds is 1. The molecule has 0 aliphatic carbocycles. The molecule has 2 bridgehead atoms. The van der Waals surface area contributed by atoms with Gasteiger partial charge < -0.3 is 4.90 Å². The maximum absolute atomic E-state index is 12.6. The number of nitrogens with one attached hydrogen (secondary N) is 1. The summed E-state index contributed by atoms with van der Waals surface area (Å²) in [6, 6.07) is 7.95. The SMILES string of the molecule is O=C(Nc1ccccn1)N1C2CCC1c1ccncc1C2. The molecule has 2 aliphatic rings. The summed E-state index contributed by atoms with van der Waals surface area (Å²) in [5, 5.41) is 2.90. The number of pyridine rings is 2. The van der Waals surface area contributed by atoms with Gasteiger partial charge in [0.1, 0.15) is 5.82 Å². The summed E-state index contributed by atoms with van der Waals surface area (Å²) in [7, 11) is 0. The zero-order chi connectivity index (χ0) is 14.2. The number of amides is 2. The predicted octanol–water partition coefficient (Wildman–Crippen LogP) is 2.77. The number of carbonyl (C=O) groups is 1. The van der Waals surface area contributed by atoms with Gasteiger partial charge in [-0.05, 0) is 48.6 Å². The molecule has 1 saturated heterocycles. The van der Waals surface area contributed by atoms with Gasteiger partial charge in [-0.2, -0.15) is 0 Å². The molecule has 2 aromatic rings. The smallest absolute Gasteiger partial charge is 0.314 e. The van der Waals surface area contributed by atoms with Crippen molar-refractivity contribution in [3.05, 3.63) is 54.0 Å². The Morgan fingerprint density at radius 1 is 1.24 bits per heavy atom. The van der Waals surface area contributed by atoms with E-state index in [1.807, 2.05) is 41.6 Å². The largest absolute Gasteiger partial charge is 0.323 e. The van der Waals surface area contributed by atoms with Gasteiger partial charge in [-0.25, -0.2) is 9.78 Å². The van der Waals surface area contributed by atoms with Crippen LogP contribution in [-0.2, 0) is 6.42 Å². The van der Waals surface area contributed by atoms with Crippen molar-refractivity contribution in [1.29, 1.82) is 0 Å². The molecule has 2 aliphatic heterocycles. The normalized spacial score (nSPS) is 22.8. The summed E-state index contributed by atoms with van der Waals surface area (Å²) < 4.78 is 0. The van der Waals surface area contributed by atoms with Crippen molar-refractivity contribution in [3.63, 3.8) is 0 Å². The van der Waals surface area contributed by atoms with Gasteiger partial charge in [0.05, 0.1) is 6.04 Å². The van der Waals surface area contributed by atoms with E-state index < -0.39 is 0 Å². The summed E-state index contributed by atoms with van der Waals surface area (Å²) >= 11 is 0. The Kier molecular flexibility index (Phi) is 2.84. The van der Waals surface area contributed by atoms with Crippen LogP contribution in [0.5, 0.6) is 0 Å². The van der Waals surface area contributed by atoms with Gasteiger partial charge in [-0.15, -0.1) is 0 Å². The van der Waals surface area contributed by atoms with Crippen molar-refractivity contribution in [3.8, 4) is 0 Å². The molecule has 0 radical (unpaired) electrons. The number of anilines is 1. The summed E-state index contributed by atoms with van der Waals surface area (Å²) in [5.74, 6) is 0.599. The summed E-state index contributed by atoms with van der Waals surface area (Å²) in [5.41, 5.74) is 2.53. The van der Waals surface area contributed by atoms with Gasteiger partial charge in [-0.3, -0.25) is 10.3 Å². The van der Waals surface area contributed by atoms with Gasteiger partial charge >= 0.3 is 6.03 Å². The van der Waals surface area contributed by atoms with Crippen molar-refractivity contribution in [2.75, 3.05) is 5.32 Å². The molecule has 2 unspecified atom stereocenters. The molecular formula is C16H16N4O. The average Bonchev–Trinajstić information content (AvgIpc) is 2.84. The molecule has 0 aromatic carbocycles. The van der Waals surface area contributed by atoms with E-state index in [0.717, 1.165) is 19.3 Å². The third-order valence-electron chi connectivity index (χ3n) is 4.39. The molecule has 0 spiro atoms. The molecule has 2 aromatic heterocycles. The number of nitrogens with zero attached hydrogens (tertiary/aromatic N) is 3. The quantitative estimate of drug-likeness (QED) is 0.873. The highest BCUT2D eigenvalue weighted by atomic mass is 16.2. The van der Waals surface area contributed by atoms with Gasteiger partial charge in [-0.1, -0.05) is 6.07 Å². The van der Waals surface area contributed by atoms with Crippen LogP contribution in [0.2, 0.25) is 0 Å². The summed E-state index contributed by atoms with van der Waals surface area (Å²) in [6.07, 6.45) is 8.41. The number of urea groups is 1. The van der Waals surface area contributed by atoms with Crippen molar-refractivity contribution < 1.29 is 4.79 Å². The lowest BCUT2D eigenvalue weighted by molar-refractivity contribution is 0.179. The average molecular weight is 280 g/mol. The molecule has 1 N–H and O–H groups in total. The van der Waals surface area contributed by atoms with E-state index in [-0.39, 0.29) is 18.1 Å². The second-order valence-corrected chi connectivity index (χ2v) is 5.58. The standard InChI is InChI=1S/C16H16N4O/c21-16(19-15-3-1-2-7-18-15)20-12-4-5-14(20)13-6-8-17-10-11(13)9-12/h1-3,6-8,10,12,14H,4-5,9H2,(H,18,19,21). The van der Waals surface area contributed by atoms with Crippen molar-refractivity contribution in [1.82, 2.24) is 14.9 Å². The van der Waals surface area contributed by atoms with Crippen LogP contribution in [0.25, 0.3) is 0 Å². The summed E-state index contributed by atoms with van der Waals surface area (Å²) in [6.45, 7) is 0. The Balaban J connectivity index is 1.61. The van der Waals surface area contributed by atoms with Crippen molar-refractivity contribution in [2.45, 2.75) is 31.3 Å². The topological polar surface area (TPSA) is 58.1 Å². The van der Waals surface area contributed by atoms with Crippen LogP contribution in [0.1, 0.15) is 30.0 Å². The van der Waals surface area contributed by atoms with Crippen LogP contribution in [-0.4, -0.2) is 26.9 Å². The number of fused-ring (bicyclic) bond motifs is 4. The highest BCUT2D eigenvalue weighted by Crippen LogP contribution is 2.43. The number of hydrogen-bond donors (Lipinski definition) is 1. The minimum atomic E-state index is -0.0522. The van der Waals surface area contributed by atoms with E-state index in [1.165, 1.54) is 11.1 Å². The second-order valence-electron chi connectivity index (χ2n) is 5.58. The minimum absolute atomic E-state index is 0.0522. The van der Waals surface area contributed by atoms with E-state index >= 15 is 0 Å². The Bertz CT molecular complexity index is 673. The first-order valence-electron chi connectivity index (χ1n) is 7.26. The molecule has 2 atom stereocenters. The van der Waals surface area contributed by atoms with E-state index in [4.69, 9.17) is 0 Å². The van der Waals surface area contributed by atoms with E-state index in [1.54, 1.807) is 6.20 Å². The molecule has 4 rings (SSSR count). The third-order valence-corrected chi connectivity index (χ3v) is 4.39. The van der Waals surface area contributed by atoms with Crippen molar-refractivity contribution >= 4 is 11.8 Å². The number of carbonyl (C=O) groups excluding carboxylic acids is 1. The molecule has 4 heterocycles. The monoisotopic (exact) mass is 280 g/mol. The Hall–Kier alpha value is -2.43. The lowest BCUT2D eigenvalue weighted by atomic mass is 9.95. The van der Waals surface area contributed by atoms with Gasteiger partial charge in [0.15, 0.2) is 0 Å². The van der Waals surface area contributed by atoms with Crippen molar-refractivity contribution in [2.24, 2.45) is 0 Å². The zero-order valence-electron chi connectivity index (χ0n) is 11.6. The van der Waals surface area contributed by atoms with Crippen LogP contribution >= 0.6 is 0 Å². The highest BCUT2D eigenvalue weighted by molar-refractivity contribution is 5.89. The van der Waals surface area contributed by atoms with E-state index in [9.17, 15) is 4.79 Å². The Morgan fingerprint density at radius 3 is 3.05 bits per heavy atom. The first-order valence-corrected chi connectivity index (χ1v) is 7.26. The van der Waals surface area contributed by atoms with E-state index in [0.29, 0.717) is 5.82 Å². The lowest BCUT2D eigenvalue weighted by Crippen LogP contribution is -2.44. The Labute approximate surface area is 123 Å². The molecule has 1 fully saturated rings. The van der Waals surface area contributed by atoms with Gasteiger partial charge in [0.25, 0.3) is 0 Å². The lowest BCUT2D eigenvalue weighted by Gasteiger charge is -2.36. The maximum atomic E-state index is 12.6. The van der Waals surface area contributed by atoms with Crippen LogP contribution in [0.4, 0.5) is 10.6 Å². The molecule has 5 nitrogen and oxygen atoms in total. The second kappa shape index (κ2) is 4.84. The van der Waals surface area contributed by atoms with Crippen LogP contribution in [0.3, 0.4) is 0 Å². The zero-order valence-corrected chi connectivity index (χ0v) is 11.6. The first-order chi connectivity index (χ1) is 10.3. The Morgan fingerprint density at radius 2 is 2.19 bits per heavy atom. The predicted molar refractivity (Wildman–Crippen MR) is 78.8 cm³/mol. The molecule has 0 saturated carbocycles. The van der Waals surface area contributed by atoms with Crippen LogP contribution in [0, 0.1) is 0 Å². The maximum Gasteiger partial charge on any atom is 0.323 e. The first kappa shape index (κ1) is 12.3. The van der Waals surface area contributed by atoms with E-state index in [2.05, 4.69) is 15.3 Å². The molecule has 21 heavy (non-hydrogen) atoms. The molecule has 106 valence electrons. The fraction of sp³-hybridized carbons (Fsp3) is 0.312. The van der Waals surface area contributed by atoms with Crippen LogP contribution < -0.4 is 5.32 Å². The molecule has 2 amide bonds. The third kappa shape index (κ3) is 2.05. The minimum Gasteiger partial charge on any atom is -0.314 e. The molecule has 5 heteroatoms. The molecular weight excluding hydrogens is 264 g/mol. The van der Waals surface area contributed by atoms with Crippen LogP contribution in [0.15, 0.2) is 42.9 Å². The number of hydrogen-bond acceptors (Lipinski definition) is 3. The van der Waals surface area contributed by atoms with Gasteiger partial charge in [0, 0.05) is 24.6 Å². The fourth-order valence-corrected chi connectivity index (χ4v) is 3.49. The summed E-state index contributed by atoms with van der Waals surface area (Å²) in [4.78, 5) is 22.9. The van der Waals surface area contributed by atoms with Gasteiger partial charge in [0.2, 0.25) is 0 Å². The number of aromatic nitrogens is 2. The highest BCUT2D eigenvalue weighted by Gasteiger charge is 2.42. The fourth-order valence-electron chi connectivity index (χ4n) is 3.49.